The van der Waals surface area contributed by atoms with Gasteiger partial charge in [0.2, 0.25) is 0 Å². The van der Waals surface area contributed by atoms with Crippen molar-refractivity contribution in [3.8, 4) is 0 Å². The Bertz CT molecular complexity index is 1610. The van der Waals surface area contributed by atoms with Crippen molar-refractivity contribution in [1.82, 2.24) is 0 Å². The summed E-state index contributed by atoms with van der Waals surface area (Å²) < 4.78 is 75.9. The molecule has 2 aromatic carbocycles. The summed E-state index contributed by atoms with van der Waals surface area (Å²) in [6.07, 6.45) is -9.00. The van der Waals surface area contributed by atoms with Crippen molar-refractivity contribution in [1.29, 1.82) is 0 Å². The van der Waals surface area contributed by atoms with Crippen molar-refractivity contribution < 1.29 is 40.7 Å². The van der Waals surface area contributed by atoms with E-state index in [-0.39, 0.29) is 27.3 Å². The van der Waals surface area contributed by atoms with Gasteiger partial charge in [-0.1, -0.05) is 24.3 Å². The van der Waals surface area contributed by atoms with Crippen LogP contribution in [0.15, 0.2) is 60.7 Å². The number of ketones is 2. The SMILES string of the molecule is Cc1cc(C(=O)c2cccc(C(F)(F)F)c2)c(N)s1.Cc1cc(C(=O)c2cccc(C(F)(F)F)c2)c(NC(N)=O)s1. The quantitative estimate of drug-likeness (QED) is 0.158. The van der Waals surface area contributed by atoms with Crippen LogP contribution in [0, 0.1) is 13.8 Å². The van der Waals surface area contributed by atoms with E-state index >= 15 is 0 Å². The van der Waals surface area contributed by atoms with Gasteiger partial charge in [0.1, 0.15) is 5.00 Å². The monoisotopic (exact) mass is 613 g/mol. The van der Waals surface area contributed by atoms with E-state index in [1.807, 2.05) is 0 Å². The van der Waals surface area contributed by atoms with E-state index in [0.29, 0.717) is 5.00 Å². The summed E-state index contributed by atoms with van der Waals surface area (Å²) in [5.74, 6) is -1.10. The summed E-state index contributed by atoms with van der Waals surface area (Å²) in [7, 11) is 0. The van der Waals surface area contributed by atoms with E-state index in [9.17, 15) is 40.7 Å². The maximum Gasteiger partial charge on any atom is 0.416 e. The second-order valence-electron chi connectivity index (χ2n) is 8.54. The van der Waals surface area contributed by atoms with Crippen molar-refractivity contribution in [2.45, 2.75) is 26.2 Å². The maximum atomic E-state index is 12.7. The molecule has 4 rings (SSSR count). The Kier molecular flexibility index (Phi) is 9.29. The third-order valence-corrected chi connectivity index (χ3v) is 7.22. The van der Waals surface area contributed by atoms with Gasteiger partial charge in [-0.05, 0) is 50.2 Å². The van der Waals surface area contributed by atoms with Crippen LogP contribution in [0.2, 0.25) is 0 Å². The van der Waals surface area contributed by atoms with Crippen molar-refractivity contribution in [3.05, 3.63) is 104 Å². The molecule has 0 fully saturated rings. The molecular weight excluding hydrogens is 592 g/mol. The lowest BCUT2D eigenvalue weighted by molar-refractivity contribution is -0.138. The van der Waals surface area contributed by atoms with Crippen LogP contribution in [-0.2, 0) is 12.4 Å². The number of thiophene rings is 2. The van der Waals surface area contributed by atoms with Gasteiger partial charge in [0.25, 0.3) is 0 Å². The first kappa shape index (κ1) is 31.4. The smallest absolute Gasteiger partial charge is 0.390 e. The first-order valence-electron chi connectivity index (χ1n) is 11.4. The van der Waals surface area contributed by atoms with Gasteiger partial charge in [0, 0.05) is 20.9 Å². The number of urea groups is 1. The number of benzene rings is 2. The van der Waals surface area contributed by atoms with Crippen LogP contribution >= 0.6 is 22.7 Å². The molecule has 0 saturated carbocycles. The molecule has 2 aromatic heterocycles. The summed E-state index contributed by atoms with van der Waals surface area (Å²) in [5, 5.41) is 2.84. The number of nitrogens with two attached hydrogens (primary N) is 2. The molecule has 0 aliphatic rings. The number of halogens is 6. The highest BCUT2D eigenvalue weighted by Crippen LogP contribution is 2.33. The van der Waals surface area contributed by atoms with Gasteiger partial charge in [-0.15, -0.1) is 22.7 Å². The lowest BCUT2D eigenvalue weighted by atomic mass is 10.0. The molecule has 14 heteroatoms. The zero-order valence-electron chi connectivity index (χ0n) is 21.2. The van der Waals surface area contributed by atoms with Crippen LogP contribution in [0.25, 0.3) is 0 Å². The minimum absolute atomic E-state index is 0.0145. The second kappa shape index (κ2) is 12.1. The van der Waals surface area contributed by atoms with Crippen LogP contribution in [0.3, 0.4) is 0 Å². The van der Waals surface area contributed by atoms with Crippen LogP contribution in [0.4, 0.5) is 41.1 Å². The third kappa shape index (κ3) is 7.95. The van der Waals surface area contributed by atoms with E-state index in [2.05, 4.69) is 5.32 Å². The molecular formula is C27H21F6N3O3S2. The van der Waals surface area contributed by atoms with Gasteiger partial charge in [-0.3, -0.25) is 14.9 Å². The Morgan fingerprint density at radius 2 is 1.15 bits per heavy atom. The second-order valence-corrected chi connectivity index (χ2v) is 11.1. The zero-order chi connectivity index (χ0) is 30.7. The van der Waals surface area contributed by atoms with E-state index in [1.165, 1.54) is 35.6 Å². The summed E-state index contributed by atoms with van der Waals surface area (Å²) >= 11 is 2.36. The van der Waals surface area contributed by atoms with Crippen molar-refractivity contribution in [2.24, 2.45) is 5.73 Å². The number of nitrogens with one attached hydrogen (secondary N) is 1. The number of hydrogen-bond acceptors (Lipinski definition) is 6. The lowest BCUT2D eigenvalue weighted by Gasteiger charge is -2.08. The molecule has 0 aliphatic carbocycles. The molecule has 0 bridgehead atoms. The summed E-state index contributed by atoms with van der Waals surface area (Å²) in [6.45, 7) is 3.49. The first-order valence-corrected chi connectivity index (χ1v) is 13.1. The Morgan fingerprint density at radius 3 is 1.56 bits per heavy atom. The summed E-state index contributed by atoms with van der Waals surface area (Å²) in [6, 6.07) is 10.7. The van der Waals surface area contributed by atoms with Gasteiger partial charge in [-0.25, -0.2) is 4.79 Å². The summed E-state index contributed by atoms with van der Waals surface area (Å²) in [4.78, 5) is 37.0. The molecule has 2 heterocycles. The average Bonchev–Trinajstić information content (AvgIpc) is 3.42. The fourth-order valence-corrected chi connectivity index (χ4v) is 5.28. The van der Waals surface area contributed by atoms with Gasteiger partial charge < -0.3 is 11.5 Å². The van der Waals surface area contributed by atoms with Crippen molar-refractivity contribution in [2.75, 3.05) is 11.1 Å². The van der Waals surface area contributed by atoms with Gasteiger partial charge in [0.15, 0.2) is 11.6 Å². The molecule has 0 unspecified atom stereocenters. The number of anilines is 2. The first-order chi connectivity index (χ1) is 19.0. The standard InChI is InChI=1S/C14H11F3N2O2S.C13H10F3NOS/c1-7-5-10(12(22-7)19-13(18)21)11(20)8-3-2-4-9(6-8)14(15,16)17;1-7-5-10(12(17)19-7)11(18)8-3-2-4-9(6-8)13(14,15)16/h2-6H,1H3,(H3,18,19,21);2-6H,17H2,1H3. The predicted molar refractivity (Wildman–Crippen MR) is 145 cm³/mol. The minimum Gasteiger partial charge on any atom is -0.390 e. The topological polar surface area (TPSA) is 115 Å². The van der Waals surface area contributed by atoms with Crippen molar-refractivity contribution in [3.63, 3.8) is 0 Å². The van der Waals surface area contributed by atoms with Crippen LogP contribution in [0.1, 0.15) is 52.7 Å². The highest BCUT2D eigenvalue weighted by molar-refractivity contribution is 7.16. The Balaban J connectivity index is 0.000000228. The molecule has 0 radical (unpaired) electrons. The molecule has 41 heavy (non-hydrogen) atoms. The fourth-order valence-electron chi connectivity index (χ4n) is 3.58. The molecule has 0 spiro atoms. The number of carbonyl (C=O) groups excluding carboxylic acids is 3. The lowest BCUT2D eigenvalue weighted by Crippen LogP contribution is -2.20. The molecule has 6 nitrogen and oxygen atoms in total. The molecule has 0 atom stereocenters. The number of rotatable bonds is 5. The Morgan fingerprint density at radius 1 is 0.707 bits per heavy atom. The maximum absolute atomic E-state index is 12.7. The van der Waals surface area contributed by atoms with Crippen LogP contribution < -0.4 is 16.8 Å². The number of hydrogen-bond donors (Lipinski definition) is 3. The fraction of sp³-hybridized carbons (Fsp3) is 0.148. The Hall–Kier alpha value is -4.17. The highest BCUT2D eigenvalue weighted by Gasteiger charge is 2.32. The van der Waals surface area contributed by atoms with E-state index in [1.54, 1.807) is 19.9 Å². The number of primary amides is 1. The van der Waals surface area contributed by atoms with Gasteiger partial charge in [-0.2, -0.15) is 26.3 Å². The van der Waals surface area contributed by atoms with Crippen LogP contribution in [0.5, 0.6) is 0 Å². The van der Waals surface area contributed by atoms with E-state index < -0.39 is 41.1 Å². The van der Waals surface area contributed by atoms with E-state index in [4.69, 9.17) is 11.5 Å². The number of alkyl halides is 6. The molecule has 216 valence electrons. The number of aryl methyl sites for hydroxylation is 2. The van der Waals surface area contributed by atoms with Gasteiger partial charge in [0.05, 0.1) is 27.3 Å². The van der Waals surface area contributed by atoms with Crippen LogP contribution in [-0.4, -0.2) is 17.6 Å². The number of nitrogen functional groups attached to an aromatic ring is 1. The Labute approximate surface area is 237 Å². The molecule has 0 saturated heterocycles. The minimum atomic E-state index is -4.53. The predicted octanol–water partition coefficient (Wildman–Crippen LogP) is 7.69. The normalized spacial score (nSPS) is 11.4. The molecule has 4 aromatic rings. The third-order valence-electron chi connectivity index (χ3n) is 5.37. The van der Waals surface area contributed by atoms with E-state index in [0.717, 1.165) is 51.4 Å². The molecule has 0 aliphatic heterocycles. The average molecular weight is 614 g/mol. The largest absolute Gasteiger partial charge is 0.416 e. The molecule has 2 amide bonds. The number of carbonyl (C=O) groups is 3. The zero-order valence-corrected chi connectivity index (χ0v) is 22.9. The summed E-state index contributed by atoms with van der Waals surface area (Å²) in [5.41, 5.74) is 9.18. The van der Waals surface area contributed by atoms with Crippen molar-refractivity contribution >= 4 is 50.3 Å². The van der Waals surface area contributed by atoms with Gasteiger partial charge >= 0.3 is 18.4 Å². The molecule has 5 N–H and O–H groups in total. The highest BCUT2D eigenvalue weighted by atomic mass is 32.1. The number of amides is 2.